The summed E-state index contributed by atoms with van der Waals surface area (Å²) in [6.45, 7) is 0. The summed E-state index contributed by atoms with van der Waals surface area (Å²) in [6.07, 6.45) is 0. The van der Waals surface area contributed by atoms with E-state index in [9.17, 15) is 10.2 Å². The predicted octanol–water partition coefficient (Wildman–Crippen LogP) is 3.96. The molecule has 16 heavy (non-hydrogen) atoms. The van der Waals surface area contributed by atoms with E-state index in [1.807, 2.05) is 0 Å². The molecule has 0 radical (unpaired) electrons. The normalized spacial score (nSPS) is 10.7. The molecule has 1 aromatic heterocycles. The minimum Gasteiger partial charge on any atom is -0.494 e. The molecule has 0 fully saturated rings. The number of hydrogen-bond acceptors (Lipinski definition) is 2. The Kier molecular flexibility index (Phi) is 3.06. The van der Waals surface area contributed by atoms with Gasteiger partial charge >= 0.3 is 0 Å². The van der Waals surface area contributed by atoms with Crippen molar-refractivity contribution in [3.8, 4) is 17.4 Å². The van der Waals surface area contributed by atoms with Gasteiger partial charge in [0, 0.05) is 16.1 Å². The highest BCUT2D eigenvalue weighted by Gasteiger charge is 2.14. The van der Waals surface area contributed by atoms with Crippen LogP contribution in [0.25, 0.3) is 5.69 Å². The first-order valence-electron chi connectivity index (χ1n) is 4.24. The zero-order valence-electron chi connectivity index (χ0n) is 7.78. The van der Waals surface area contributed by atoms with Crippen LogP contribution in [0, 0.1) is 0 Å². The molecule has 0 unspecified atom stereocenters. The van der Waals surface area contributed by atoms with Gasteiger partial charge < -0.3 is 10.2 Å². The maximum absolute atomic E-state index is 9.72. The van der Waals surface area contributed by atoms with Crippen LogP contribution in [0.5, 0.6) is 11.8 Å². The number of benzene rings is 1. The van der Waals surface area contributed by atoms with Gasteiger partial charge in [-0.1, -0.05) is 23.2 Å². The van der Waals surface area contributed by atoms with E-state index < -0.39 is 0 Å². The number of aromatic hydroxyl groups is 2. The summed E-state index contributed by atoms with van der Waals surface area (Å²) < 4.78 is 1.61. The van der Waals surface area contributed by atoms with Gasteiger partial charge in [-0.3, -0.25) is 4.57 Å². The molecule has 0 saturated carbocycles. The Morgan fingerprint density at radius 1 is 1.00 bits per heavy atom. The lowest BCUT2D eigenvalue weighted by Crippen LogP contribution is -1.92. The van der Waals surface area contributed by atoms with Crippen LogP contribution in [-0.4, -0.2) is 14.8 Å². The Bertz CT molecular complexity index is 534. The largest absolute Gasteiger partial charge is 0.494 e. The van der Waals surface area contributed by atoms with Crippen molar-refractivity contribution in [2.45, 2.75) is 0 Å². The molecule has 1 heterocycles. The Hall–Kier alpha value is -0.840. The fourth-order valence-corrected chi connectivity index (χ4v) is 2.28. The van der Waals surface area contributed by atoms with Gasteiger partial charge in [-0.2, -0.15) is 0 Å². The van der Waals surface area contributed by atoms with Gasteiger partial charge in [0.2, 0.25) is 5.88 Å². The lowest BCUT2D eigenvalue weighted by Gasteiger charge is -2.07. The van der Waals surface area contributed by atoms with Crippen molar-refractivity contribution in [1.82, 2.24) is 4.57 Å². The first kappa shape index (κ1) is 11.6. The molecular weight excluding hydrogens is 317 g/mol. The van der Waals surface area contributed by atoms with Crippen molar-refractivity contribution in [1.29, 1.82) is 0 Å². The minimum absolute atomic E-state index is 0.109. The van der Waals surface area contributed by atoms with Gasteiger partial charge in [0.15, 0.2) is 5.88 Å². The first-order chi connectivity index (χ1) is 7.49. The van der Waals surface area contributed by atoms with Crippen molar-refractivity contribution in [3.63, 3.8) is 0 Å². The molecule has 2 N–H and O–H groups in total. The number of halogens is 3. The van der Waals surface area contributed by atoms with Gasteiger partial charge in [-0.25, -0.2) is 0 Å². The van der Waals surface area contributed by atoms with E-state index in [1.54, 1.807) is 18.2 Å². The second-order valence-corrected chi connectivity index (χ2v) is 4.86. The number of rotatable bonds is 1. The molecule has 3 nitrogen and oxygen atoms in total. The summed E-state index contributed by atoms with van der Waals surface area (Å²) >= 11 is 14.8. The summed E-state index contributed by atoms with van der Waals surface area (Å²) in [5.41, 5.74) is 0.484. The number of hydrogen-bond donors (Lipinski definition) is 2. The lowest BCUT2D eigenvalue weighted by atomic mass is 10.3. The fraction of sp³-hybridized carbons (Fsp3) is 0. The molecular formula is C10H6BrCl2NO2. The van der Waals surface area contributed by atoms with E-state index in [0.29, 0.717) is 20.2 Å². The van der Waals surface area contributed by atoms with E-state index in [-0.39, 0.29) is 11.8 Å². The molecule has 2 aromatic rings. The van der Waals surface area contributed by atoms with Crippen LogP contribution in [0.4, 0.5) is 0 Å². The van der Waals surface area contributed by atoms with E-state index >= 15 is 0 Å². The quantitative estimate of drug-likeness (QED) is 0.834. The smallest absolute Gasteiger partial charge is 0.213 e. The van der Waals surface area contributed by atoms with Crippen LogP contribution >= 0.6 is 39.1 Å². The van der Waals surface area contributed by atoms with Crippen LogP contribution in [0.3, 0.4) is 0 Å². The second-order valence-electron chi connectivity index (χ2n) is 3.14. The summed E-state index contributed by atoms with van der Waals surface area (Å²) in [6, 6.07) is 6.11. The highest BCUT2D eigenvalue weighted by atomic mass is 79.9. The van der Waals surface area contributed by atoms with Gasteiger partial charge in [0.1, 0.15) is 0 Å². The monoisotopic (exact) mass is 321 g/mol. The second kappa shape index (κ2) is 4.20. The first-order valence-corrected chi connectivity index (χ1v) is 5.79. The molecule has 0 aliphatic carbocycles. The molecule has 1 aromatic carbocycles. The third-order valence-corrected chi connectivity index (χ3v) is 3.04. The lowest BCUT2D eigenvalue weighted by molar-refractivity contribution is 0.401. The summed E-state index contributed by atoms with van der Waals surface area (Å²) in [7, 11) is 0. The third kappa shape index (κ3) is 2.00. The molecule has 0 amide bonds. The third-order valence-electron chi connectivity index (χ3n) is 2.02. The maximum atomic E-state index is 9.72. The molecule has 0 aliphatic rings. The molecule has 0 spiro atoms. The molecule has 0 aliphatic heterocycles. The standard InChI is InChI=1S/C10H6BrCl2NO2/c11-8-4-9(15)14(10(8)16)7-2-5(12)1-6(13)3-7/h1-4,15-16H. The predicted molar refractivity (Wildman–Crippen MR) is 66.8 cm³/mol. The summed E-state index contributed by atoms with van der Waals surface area (Å²) in [5, 5.41) is 20.2. The molecule has 2 rings (SSSR count). The van der Waals surface area contributed by atoms with Crippen molar-refractivity contribution in [3.05, 3.63) is 38.8 Å². The van der Waals surface area contributed by atoms with Gasteiger partial charge in [-0.05, 0) is 34.1 Å². The molecule has 84 valence electrons. The molecule has 0 atom stereocenters. The maximum Gasteiger partial charge on any atom is 0.213 e. The highest BCUT2D eigenvalue weighted by Crippen LogP contribution is 2.36. The van der Waals surface area contributed by atoms with Crippen molar-refractivity contribution >= 4 is 39.1 Å². The van der Waals surface area contributed by atoms with E-state index in [4.69, 9.17) is 23.2 Å². The average Bonchev–Trinajstić information content (AvgIpc) is 2.39. The number of nitrogens with zero attached hydrogens (tertiary/aromatic N) is 1. The summed E-state index contributed by atoms with van der Waals surface area (Å²) in [5.74, 6) is -0.224. The van der Waals surface area contributed by atoms with Gasteiger partial charge in [-0.15, -0.1) is 0 Å². The van der Waals surface area contributed by atoms with Crippen LogP contribution in [-0.2, 0) is 0 Å². The Labute approximate surface area is 110 Å². The summed E-state index contributed by atoms with van der Waals surface area (Å²) in [4.78, 5) is 0. The Morgan fingerprint density at radius 3 is 2.00 bits per heavy atom. The minimum atomic E-state index is -0.115. The topological polar surface area (TPSA) is 45.4 Å². The Balaban J connectivity index is 2.67. The van der Waals surface area contributed by atoms with Crippen LogP contribution in [0.15, 0.2) is 28.7 Å². The highest BCUT2D eigenvalue weighted by molar-refractivity contribution is 9.10. The van der Waals surface area contributed by atoms with E-state index in [0.717, 1.165) is 0 Å². The van der Waals surface area contributed by atoms with Crippen LogP contribution < -0.4 is 0 Å². The van der Waals surface area contributed by atoms with Gasteiger partial charge in [0.25, 0.3) is 0 Å². The molecule has 6 heteroatoms. The van der Waals surface area contributed by atoms with Crippen molar-refractivity contribution < 1.29 is 10.2 Å². The fourth-order valence-electron chi connectivity index (χ4n) is 1.38. The SMILES string of the molecule is Oc1cc(Br)c(O)n1-c1cc(Cl)cc(Cl)c1. The zero-order valence-corrected chi connectivity index (χ0v) is 10.9. The zero-order chi connectivity index (χ0) is 11.9. The molecule has 0 saturated heterocycles. The number of aromatic nitrogens is 1. The van der Waals surface area contributed by atoms with Gasteiger partial charge in [0.05, 0.1) is 10.2 Å². The van der Waals surface area contributed by atoms with E-state index in [1.165, 1.54) is 10.6 Å². The Morgan fingerprint density at radius 2 is 1.56 bits per heavy atom. The van der Waals surface area contributed by atoms with Crippen molar-refractivity contribution in [2.24, 2.45) is 0 Å². The molecule has 0 bridgehead atoms. The van der Waals surface area contributed by atoms with Crippen LogP contribution in [0.1, 0.15) is 0 Å². The van der Waals surface area contributed by atoms with Crippen molar-refractivity contribution in [2.75, 3.05) is 0 Å². The van der Waals surface area contributed by atoms with E-state index in [2.05, 4.69) is 15.9 Å². The van der Waals surface area contributed by atoms with Crippen LogP contribution in [0.2, 0.25) is 10.0 Å². The average molecular weight is 323 g/mol.